The molecule has 8 nitrogen and oxygen atoms in total. The van der Waals surface area contributed by atoms with Gasteiger partial charge >= 0.3 is 6.09 Å². The van der Waals surface area contributed by atoms with Gasteiger partial charge < -0.3 is 14.2 Å². The van der Waals surface area contributed by atoms with Crippen LogP contribution in [0.4, 0.5) is 10.5 Å². The Balaban J connectivity index is 1.48. The molecule has 0 saturated carbocycles. The van der Waals surface area contributed by atoms with Crippen LogP contribution in [0.2, 0.25) is 0 Å². The number of likely N-dealkylation sites (N-methyl/N-ethyl adjacent to an activating group) is 1. The molecule has 2 aromatic rings. The summed E-state index contributed by atoms with van der Waals surface area (Å²) >= 11 is 0. The second-order valence-electron chi connectivity index (χ2n) is 6.71. The van der Waals surface area contributed by atoms with Crippen molar-refractivity contribution in [1.82, 2.24) is 4.31 Å². The molecule has 1 fully saturated rings. The van der Waals surface area contributed by atoms with Crippen LogP contribution in [0, 0.1) is 0 Å². The number of hydrogen-bond donors (Lipinski definition) is 0. The third-order valence-corrected chi connectivity index (χ3v) is 6.83. The second kappa shape index (κ2) is 7.92. The molecule has 1 amide bonds. The van der Waals surface area contributed by atoms with E-state index in [4.69, 9.17) is 14.2 Å². The summed E-state index contributed by atoms with van der Waals surface area (Å²) in [6.07, 6.45) is -0.830. The number of nitrogens with zero attached hydrogens (tertiary/aromatic N) is 2. The van der Waals surface area contributed by atoms with Gasteiger partial charge in [-0.2, -0.15) is 4.31 Å². The molecule has 1 saturated heterocycles. The number of amides is 1. The molecule has 2 heterocycles. The van der Waals surface area contributed by atoms with Crippen molar-refractivity contribution in [3.05, 3.63) is 48.5 Å². The van der Waals surface area contributed by atoms with E-state index in [9.17, 15) is 13.2 Å². The van der Waals surface area contributed by atoms with Crippen LogP contribution in [0.3, 0.4) is 0 Å². The molecule has 4 rings (SSSR count). The molecule has 1 atom stereocenters. The number of sulfonamides is 1. The highest BCUT2D eigenvalue weighted by Gasteiger charge is 2.30. The topological polar surface area (TPSA) is 85.4 Å². The van der Waals surface area contributed by atoms with Gasteiger partial charge in [-0.25, -0.2) is 13.2 Å². The average molecular weight is 418 g/mol. The fraction of sp³-hybridized carbons (Fsp3) is 0.350. The number of carbonyl (C=O) groups is 1. The third-order valence-electron chi connectivity index (χ3n) is 4.87. The highest BCUT2D eigenvalue weighted by molar-refractivity contribution is 7.89. The van der Waals surface area contributed by atoms with Gasteiger partial charge in [0, 0.05) is 12.2 Å². The first-order chi connectivity index (χ1) is 14.0. The molecule has 0 N–H and O–H groups in total. The first-order valence-electron chi connectivity index (χ1n) is 9.42. The number of cyclic esters (lactones) is 1. The van der Waals surface area contributed by atoms with Gasteiger partial charge in [0.15, 0.2) is 11.5 Å². The average Bonchev–Trinajstić information content (AvgIpc) is 3.17. The summed E-state index contributed by atoms with van der Waals surface area (Å²) in [5.74, 6) is 1.27. The van der Waals surface area contributed by atoms with Crippen LogP contribution in [0.15, 0.2) is 53.4 Å². The van der Waals surface area contributed by atoms with E-state index in [0.29, 0.717) is 36.9 Å². The fourth-order valence-electron chi connectivity index (χ4n) is 3.35. The van der Waals surface area contributed by atoms with Crippen LogP contribution in [-0.4, -0.2) is 57.8 Å². The predicted octanol–water partition coefficient (Wildman–Crippen LogP) is 2.49. The van der Waals surface area contributed by atoms with Gasteiger partial charge in [-0.15, -0.1) is 0 Å². The SMILES string of the molecule is CCN(C[C@@H]1COc2ccccc2O1)S(=O)(=O)c1ccc(N2CCOC2=O)cc1. The zero-order valence-electron chi connectivity index (χ0n) is 16.0. The van der Waals surface area contributed by atoms with Crippen molar-refractivity contribution in [3.63, 3.8) is 0 Å². The molecular weight excluding hydrogens is 396 g/mol. The van der Waals surface area contributed by atoms with Gasteiger partial charge in [0.25, 0.3) is 0 Å². The Morgan fingerprint density at radius 3 is 2.45 bits per heavy atom. The summed E-state index contributed by atoms with van der Waals surface area (Å²) in [6.45, 7) is 3.31. The zero-order chi connectivity index (χ0) is 20.4. The van der Waals surface area contributed by atoms with Crippen LogP contribution >= 0.6 is 0 Å². The van der Waals surface area contributed by atoms with Crippen LogP contribution < -0.4 is 14.4 Å². The predicted molar refractivity (Wildman–Crippen MR) is 106 cm³/mol. The van der Waals surface area contributed by atoms with Crippen molar-refractivity contribution in [2.45, 2.75) is 17.9 Å². The van der Waals surface area contributed by atoms with Crippen molar-refractivity contribution in [3.8, 4) is 11.5 Å². The molecule has 2 aliphatic rings. The Morgan fingerprint density at radius 2 is 1.79 bits per heavy atom. The molecule has 9 heteroatoms. The van der Waals surface area contributed by atoms with Crippen molar-refractivity contribution in [2.24, 2.45) is 0 Å². The number of anilines is 1. The molecule has 154 valence electrons. The zero-order valence-corrected chi connectivity index (χ0v) is 16.8. The van der Waals surface area contributed by atoms with Crippen LogP contribution in [-0.2, 0) is 14.8 Å². The normalized spacial score (nSPS) is 18.8. The molecule has 2 aromatic carbocycles. The Hall–Kier alpha value is -2.78. The molecule has 29 heavy (non-hydrogen) atoms. The number of para-hydroxylation sites is 2. The minimum Gasteiger partial charge on any atom is -0.486 e. The van der Waals surface area contributed by atoms with Crippen LogP contribution in [0.1, 0.15) is 6.92 Å². The molecule has 0 spiro atoms. The van der Waals surface area contributed by atoms with Crippen molar-refractivity contribution in [2.75, 3.05) is 37.7 Å². The Labute approximate surface area is 169 Å². The first-order valence-corrected chi connectivity index (χ1v) is 10.9. The molecule has 0 aromatic heterocycles. The molecule has 0 aliphatic carbocycles. The summed E-state index contributed by atoms with van der Waals surface area (Å²) in [5, 5.41) is 0. The number of hydrogen-bond acceptors (Lipinski definition) is 6. The monoisotopic (exact) mass is 418 g/mol. The maximum Gasteiger partial charge on any atom is 0.414 e. The summed E-state index contributed by atoms with van der Waals surface area (Å²) in [7, 11) is -3.72. The Kier molecular flexibility index (Phi) is 5.33. The van der Waals surface area contributed by atoms with Crippen LogP contribution in [0.5, 0.6) is 11.5 Å². The van der Waals surface area contributed by atoms with Gasteiger partial charge in [0.05, 0.1) is 18.0 Å². The van der Waals surface area contributed by atoms with Crippen molar-refractivity contribution < 1.29 is 27.4 Å². The lowest BCUT2D eigenvalue weighted by Crippen LogP contribution is -2.43. The van der Waals surface area contributed by atoms with E-state index in [0.717, 1.165) is 0 Å². The quantitative estimate of drug-likeness (QED) is 0.717. The van der Waals surface area contributed by atoms with E-state index in [-0.39, 0.29) is 18.0 Å². The maximum absolute atomic E-state index is 13.1. The number of ether oxygens (including phenoxy) is 3. The minimum absolute atomic E-state index is 0.160. The van der Waals surface area contributed by atoms with Crippen molar-refractivity contribution in [1.29, 1.82) is 0 Å². The summed E-state index contributed by atoms with van der Waals surface area (Å²) in [4.78, 5) is 13.3. The lowest BCUT2D eigenvalue weighted by Gasteiger charge is -2.30. The van der Waals surface area contributed by atoms with Gasteiger partial charge in [-0.05, 0) is 36.4 Å². The van der Waals surface area contributed by atoms with Crippen LogP contribution in [0.25, 0.3) is 0 Å². The van der Waals surface area contributed by atoms with E-state index in [1.54, 1.807) is 25.1 Å². The summed E-state index contributed by atoms with van der Waals surface area (Å²) in [6, 6.07) is 13.6. The summed E-state index contributed by atoms with van der Waals surface area (Å²) in [5.41, 5.74) is 0.607. The van der Waals surface area contributed by atoms with E-state index >= 15 is 0 Å². The fourth-order valence-corrected chi connectivity index (χ4v) is 4.83. The lowest BCUT2D eigenvalue weighted by molar-refractivity contribution is 0.0771. The smallest absolute Gasteiger partial charge is 0.414 e. The van der Waals surface area contributed by atoms with Gasteiger partial charge in [-0.3, -0.25) is 4.90 Å². The van der Waals surface area contributed by atoms with Crippen molar-refractivity contribution >= 4 is 21.8 Å². The summed E-state index contributed by atoms with van der Waals surface area (Å²) < 4.78 is 44.1. The van der Waals surface area contributed by atoms with E-state index in [1.807, 2.05) is 18.2 Å². The number of rotatable bonds is 6. The molecule has 2 aliphatic heterocycles. The standard InChI is InChI=1S/C20H22N2O6S/c1-2-21(13-16-14-27-18-5-3-4-6-19(18)28-16)29(24,25)17-9-7-15(8-10-17)22-11-12-26-20(22)23/h3-10,16H,2,11-14H2,1H3/t16-/m1/s1. The number of carbonyl (C=O) groups excluding carboxylic acids is 1. The maximum atomic E-state index is 13.1. The van der Waals surface area contributed by atoms with E-state index in [1.165, 1.54) is 21.3 Å². The van der Waals surface area contributed by atoms with Gasteiger partial charge in [-0.1, -0.05) is 19.1 Å². The Morgan fingerprint density at radius 1 is 1.07 bits per heavy atom. The minimum atomic E-state index is -3.72. The van der Waals surface area contributed by atoms with Gasteiger partial charge in [0.2, 0.25) is 10.0 Å². The molecule has 0 bridgehead atoms. The lowest BCUT2D eigenvalue weighted by atomic mass is 10.2. The molecular formula is C20H22N2O6S. The highest BCUT2D eigenvalue weighted by Crippen LogP contribution is 2.31. The second-order valence-corrected chi connectivity index (χ2v) is 8.65. The number of fused-ring (bicyclic) bond motifs is 1. The Bertz CT molecular complexity index is 992. The van der Waals surface area contributed by atoms with E-state index < -0.39 is 22.2 Å². The largest absolute Gasteiger partial charge is 0.486 e. The number of benzene rings is 2. The van der Waals surface area contributed by atoms with Gasteiger partial charge in [0.1, 0.15) is 19.3 Å². The van der Waals surface area contributed by atoms with E-state index in [2.05, 4.69) is 0 Å². The first kappa shape index (κ1) is 19.5. The molecule has 0 unspecified atom stereocenters. The third kappa shape index (κ3) is 3.88. The highest BCUT2D eigenvalue weighted by atomic mass is 32.2. The molecule has 0 radical (unpaired) electrons.